The Balaban J connectivity index is 1.89. The van der Waals surface area contributed by atoms with Gasteiger partial charge in [0.25, 0.3) is 5.91 Å². The Morgan fingerprint density at radius 2 is 2.14 bits per heavy atom. The summed E-state index contributed by atoms with van der Waals surface area (Å²) in [6.45, 7) is 4.41. The van der Waals surface area contributed by atoms with E-state index < -0.39 is 0 Å². The number of carbonyl (C=O) groups is 1. The molecule has 0 bridgehead atoms. The van der Waals surface area contributed by atoms with Crippen LogP contribution in [0.2, 0.25) is 0 Å². The van der Waals surface area contributed by atoms with Crippen LogP contribution in [0.5, 0.6) is 0 Å². The Morgan fingerprint density at radius 1 is 1.29 bits per heavy atom. The minimum atomic E-state index is -0.0636. The third kappa shape index (κ3) is 2.74. The molecule has 1 unspecified atom stereocenters. The van der Waals surface area contributed by atoms with Crippen molar-refractivity contribution in [2.45, 2.75) is 32.7 Å². The summed E-state index contributed by atoms with van der Waals surface area (Å²) in [5.41, 5.74) is 2.16. The molecule has 1 fully saturated rings. The zero-order chi connectivity index (χ0) is 14.8. The number of nitrogens with zero attached hydrogens (tertiary/aromatic N) is 5. The second-order valence-corrected chi connectivity index (χ2v) is 5.23. The maximum Gasteiger partial charge on any atom is 0.273 e. The number of likely N-dealkylation sites (tertiary alicyclic amines) is 1. The highest BCUT2D eigenvalue weighted by Crippen LogP contribution is 2.31. The number of rotatable bonds is 2. The Hall–Kier alpha value is -2.37. The second-order valence-electron chi connectivity index (χ2n) is 5.23. The van der Waals surface area contributed by atoms with Crippen LogP contribution in [-0.2, 0) is 0 Å². The lowest BCUT2D eigenvalue weighted by molar-refractivity contribution is 0.0726. The first-order chi connectivity index (χ1) is 10.1. The Morgan fingerprint density at radius 3 is 2.90 bits per heavy atom. The van der Waals surface area contributed by atoms with Crippen LogP contribution in [0.15, 0.2) is 24.7 Å². The molecule has 0 spiro atoms. The van der Waals surface area contributed by atoms with Gasteiger partial charge in [0.1, 0.15) is 11.5 Å². The molecule has 1 aliphatic rings. The molecule has 0 aromatic carbocycles. The van der Waals surface area contributed by atoms with Crippen molar-refractivity contribution in [2.24, 2.45) is 0 Å². The van der Waals surface area contributed by atoms with E-state index in [4.69, 9.17) is 0 Å². The van der Waals surface area contributed by atoms with Gasteiger partial charge in [0.05, 0.1) is 23.6 Å². The average Bonchev–Trinajstić information content (AvgIpc) is 2.96. The maximum atomic E-state index is 12.7. The van der Waals surface area contributed by atoms with Gasteiger partial charge in [0.15, 0.2) is 0 Å². The third-order valence-corrected chi connectivity index (χ3v) is 3.62. The summed E-state index contributed by atoms with van der Waals surface area (Å²) in [6.07, 6.45) is 6.96. The Labute approximate surface area is 123 Å². The maximum absolute atomic E-state index is 12.7. The van der Waals surface area contributed by atoms with Gasteiger partial charge in [0, 0.05) is 18.9 Å². The van der Waals surface area contributed by atoms with E-state index in [2.05, 4.69) is 19.9 Å². The molecule has 0 radical (unpaired) electrons. The van der Waals surface area contributed by atoms with Gasteiger partial charge in [-0.3, -0.25) is 14.8 Å². The van der Waals surface area contributed by atoms with Gasteiger partial charge in [-0.05, 0) is 32.8 Å². The molecule has 0 N–H and O–H groups in total. The molecule has 3 heterocycles. The normalized spacial score (nSPS) is 18.0. The van der Waals surface area contributed by atoms with E-state index in [9.17, 15) is 4.79 Å². The van der Waals surface area contributed by atoms with E-state index in [1.54, 1.807) is 31.6 Å². The van der Waals surface area contributed by atoms with Crippen molar-refractivity contribution in [3.8, 4) is 0 Å². The summed E-state index contributed by atoms with van der Waals surface area (Å²) < 4.78 is 0. The molecule has 1 amide bonds. The first-order valence-electron chi connectivity index (χ1n) is 7.04. The minimum Gasteiger partial charge on any atom is -0.329 e. The molecule has 3 rings (SSSR count). The fourth-order valence-corrected chi connectivity index (χ4v) is 2.68. The zero-order valence-corrected chi connectivity index (χ0v) is 12.2. The number of aryl methyl sites for hydroxylation is 2. The first-order valence-corrected chi connectivity index (χ1v) is 7.04. The van der Waals surface area contributed by atoms with Gasteiger partial charge >= 0.3 is 0 Å². The zero-order valence-electron chi connectivity index (χ0n) is 12.2. The quantitative estimate of drug-likeness (QED) is 0.841. The second kappa shape index (κ2) is 5.55. The van der Waals surface area contributed by atoms with Crippen molar-refractivity contribution in [2.75, 3.05) is 6.54 Å². The van der Waals surface area contributed by atoms with E-state index in [0.717, 1.165) is 30.8 Å². The summed E-state index contributed by atoms with van der Waals surface area (Å²) >= 11 is 0. The smallest absolute Gasteiger partial charge is 0.273 e. The van der Waals surface area contributed by atoms with E-state index in [0.29, 0.717) is 11.5 Å². The van der Waals surface area contributed by atoms with Gasteiger partial charge in [0.2, 0.25) is 0 Å². The molecule has 6 heteroatoms. The van der Waals surface area contributed by atoms with Crippen molar-refractivity contribution in [3.63, 3.8) is 0 Å². The Kier molecular flexibility index (Phi) is 3.60. The fraction of sp³-hybridized carbons (Fsp3) is 0.400. The summed E-state index contributed by atoms with van der Waals surface area (Å²) in [7, 11) is 0. The van der Waals surface area contributed by atoms with Crippen LogP contribution in [0.4, 0.5) is 0 Å². The van der Waals surface area contributed by atoms with Crippen LogP contribution in [0.25, 0.3) is 0 Å². The highest BCUT2D eigenvalue weighted by Gasteiger charge is 2.32. The van der Waals surface area contributed by atoms with Gasteiger partial charge in [-0.1, -0.05) is 0 Å². The first kappa shape index (κ1) is 13.6. The highest BCUT2D eigenvalue weighted by molar-refractivity contribution is 5.92. The van der Waals surface area contributed by atoms with Crippen LogP contribution in [0.1, 0.15) is 46.6 Å². The summed E-state index contributed by atoms with van der Waals surface area (Å²) in [4.78, 5) is 31.4. The molecule has 0 aliphatic carbocycles. The standard InChI is InChI=1S/C15H17N5O/c1-10-8-16-9-13(18-10)14-4-3-7-20(14)15(21)12-5-6-17-11(2)19-12/h5-6,8-9,14H,3-4,7H2,1-2H3. The van der Waals surface area contributed by atoms with Gasteiger partial charge in [-0.2, -0.15) is 0 Å². The minimum absolute atomic E-state index is 0.0137. The van der Waals surface area contributed by atoms with E-state index in [1.807, 2.05) is 11.8 Å². The molecule has 1 saturated heterocycles. The molecule has 1 aliphatic heterocycles. The van der Waals surface area contributed by atoms with Crippen LogP contribution in [0, 0.1) is 13.8 Å². The third-order valence-electron chi connectivity index (χ3n) is 3.62. The highest BCUT2D eigenvalue weighted by atomic mass is 16.2. The van der Waals surface area contributed by atoms with Crippen molar-refractivity contribution in [1.29, 1.82) is 0 Å². The summed E-state index contributed by atoms with van der Waals surface area (Å²) in [5.74, 6) is 0.540. The predicted octanol–water partition coefficient (Wildman–Crippen LogP) is 1.86. The van der Waals surface area contributed by atoms with Crippen LogP contribution >= 0.6 is 0 Å². The monoisotopic (exact) mass is 283 g/mol. The lowest BCUT2D eigenvalue weighted by Gasteiger charge is -2.24. The Bertz CT molecular complexity index is 673. The molecular weight excluding hydrogens is 266 g/mol. The number of carbonyl (C=O) groups excluding carboxylic acids is 1. The number of aromatic nitrogens is 4. The average molecular weight is 283 g/mol. The molecule has 2 aromatic heterocycles. The van der Waals surface area contributed by atoms with Gasteiger partial charge < -0.3 is 4.90 Å². The predicted molar refractivity (Wildman–Crippen MR) is 76.5 cm³/mol. The van der Waals surface area contributed by atoms with Crippen molar-refractivity contribution < 1.29 is 4.79 Å². The van der Waals surface area contributed by atoms with Gasteiger partial charge in [-0.15, -0.1) is 0 Å². The topological polar surface area (TPSA) is 71.9 Å². The van der Waals surface area contributed by atoms with E-state index >= 15 is 0 Å². The van der Waals surface area contributed by atoms with E-state index in [1.165, 1.54) is 0 Å². The van der Waals surface area contributed by atoms with Crippen molar-refractivity contribution >= 4 is 5.91 Å². The van der Waals surface area contributed by atoms with Crippen LogP contribution in [0.3, 0.4) is 0 Å². The molecule has 108 valence electrons. The van der Waals surface area contributed by atoms with Crippen molar-refractivity contribution in [3.05, 3.63) is 47.6 Å². The SMILES string of the molecule is Cc1cncc(C2CCCN2C(=O)c2ccnc(C)n2)n1. The summed E-state index contributed by atoms with van der Waals surface area (Å²) in [6, 6.07) is 1.65. The van der Waals surface area contributed by atoms with Gasteiger partial charge in [-0.25, -0.2) is 9.97 Å². The lowest BCUT2D eigenvalue weighted by atomic mass is 10.1. The number of hydrogen-bond donors (Lipinski definition) is 0. The molecule has 1 atom stereocenters. The molecule has 21 heavy (non-hydrogen) atoms. The largest absolute Gasteiger partial charge is 0.329 e. The van der Waals surface area contributed by atoms with Crippen molar-refractivity contribution in [1.82, 2.24) is 24.8 Å². The molecule has 2 aromatic rings. The summed E-state index contributed by atoms with van der Waals surface area (Å²) in [5, 5.41) is 0. The van der Waals surface area contributed by atoms with Crippen LogP contribution < -0.4 is 0 Å². The molecule has 0 saturated carbocycles. The fourth-order valence-electron chi connectivity index (χ4n) is 2.68. The number of hydrogen-bond acceptors (Lipinski definition) is 5. The van der Waals surface area contributed by atoms with Crippen LogP contribution in [-0.4, -0.2) is 37.3 Å². The van der Waals surface area contributed by atoms with E-state index in [-0.39, 0.29) is 11.9 Å². The molecule has 6 nitrogen and oxygen atoms in total. The lowest BCUT2D eigenvalue weighted by Crippen LogP contribution is -2.32. The molecular formula is C15H17N5O. The number of amides is 1.